The van der Waals surface area contributed by atoms with Crippen molar-refractivity contribution in [1.29, 1.82) is 0 Å². The van der Waals surface area contributed by atoms with Crippen molar-refractivity contribution >= 4 is 15.8 Å². The van der Waals surface area contributed by atoms with Crippen LogP contribution in [0.5, 0.6) is 0 Å². The summed E-state index contributed by atoms with van der Waals surface area (Å²) in [7, 11) is -4.57. The van der Waals surface area contributed by atoms with Crippen LogP contribution in [0.4, 0.5) is 13.2 Å². The SMILES string of the molecule is CC(C(=O)O)S(=O)(=O)c1ccccc1C(F)(F)F. The lowest BCUT2D eigenvalue weighted by molar-refractivity contribution is -0.140. The van der Waals surface area contributed by atoms with Crippen molar-refractivity contribution in [2.75, 3.05) is 0 Å². The summed E-state index contributed by atoms with van der Waals surface area (Å²) in [6.45, 7) is 0.824. The molecule has 4 nitrogen and oxygen atoms in total. The molecule has 0 saturated heterocycles. The molecular weight excluding hydrogens is 273 g/mol. The summed E-state index contributed by atoms with van der Waals surface area (Å²) in [4.78, 5) is 9.60. The number of hydrogen-bond donors (Lipinski definition) is 1. The molecule has 0 saturated carbocycles. The average Bonchev–Trinajstić information content (AvgIpc) is 2.26. The Bertz CT molecular complexity index is 563. The third kappa shape index (κ3) is 2.63. The molecule has 0 aromatic heterocycles. The second kappa shape index (κ2) is 4.60. The fraction of sp³-hybridized carbons (Fsp3) is 0.300. The molecule has 1 rings (SSSR count). The van der Waals surface area contributed by atoms with E-state index in [0.29, 0.717) is 6.07 Å². The van der Waals surface area contributed by atoms with Gasteiger partial charge in [0.15, 0.2) is 15.1 Å². The predicted molar refractivity (Wildman–Crippen MR) is 55.7 cm³/mol. The van der Waals surface area contributed by atoms with Gasteiger partial charge in [-0.15, -0.1) is 0 Å². The summed E-state index contributed by atoms with van der Waals surface area (Å²) in [6.07, 6.45) is -4.86. The van der Waals surface area contributed by atoms with Gasteiger partial charge < -0.3 is 5.11 Å². The van der Waals surface area contributed by atoms with Gasteiger partial charge in [-0.3, -0.25) is 4.79 Å². The number of benzene rings is 1. The Balaban J connectivity index is 3.48. The van der Waals surface area contributed by atoms with Crippen molar-refractivity contribution in [3.63, 3.8) is 0 Å². The molecule has 0 fully saturated rings. The molecule has 0 bridgehead atoms. The average molecular weight is 282 g/mol. The summed E-state index contributed by atoms with van der Waals surface area (Å²) < 4.78 is 61.4. The molecule has 0 spiro atoms. The summed E-state index contributed by atoms with van der Waals surface area (Å²) in [6, 6.07) is 3.49. The lowest BCUT2D eigenvalue weighted by Crippen LogP contribution is -2.28. The maximum Gasteiger partial charge on any atom is 0.417 e. The maximum atomic E-state index is 12.6. The Morgan fingerprint density at radius 1 is 1.28 bits per heavy atom. The van der Waals surface area contributed by atoms with E-state index in [1.54, 1.807) is 0 Å². The normalized spacial score (nSPS) is 14.2. The van der Waals surface area contributed by atoms with Gasteiger partial charge in [0, 0.05) is 0 Å². The quantitative estimate of drug-likeness (QED) is 0.919. The molecule has 1 aromatic rings. The van der Waals surface area contributed by atoms with Crippen LogP contribution in [-0.2, 0) is 20.8 Å². The standard InChI is InChI=1S/C10H9F3O4S/c1-6(9(14)15)18(16,17)8-5-3-2-4-7(8)10(11,12)13/h2-6H,1H3,(H,14,15). The molecule has 0 heterocycles. The van der Waals surface area contributed by atoms with E-state index in [1.807, 2.05) is 0 Å². The van der Waals surface area contributed by atoms with Gasteiger partial charge in [-0.2, -0.15) is 13.2 Å². The fourth-order valence-electron chi connectivity index (χ4n) is 1.27. The molecule has 100 valence electrons. The Kier molecular flexibility index (Phi) is 3.70. The second-order valence-corrected chi connectivity index (χ2v) is 5.76. The van der Waals surface area contributed by atoms with Gasteiger partial charge >= 0.3 is 12.1 Å². The Labute approximate surface area is 101 Å². The van der Waals surface area contributed by atoms with Gasteiger partial charge in [-0.1, -0.05) is 12.1 Å². The van der Waals surface area contributed by atoms with Gasteiger partial charge in [0.05, 0.1) is 10.5 Å². The summed E-state index contributed by atoms with van der Waals surface area (Å²) in [5.74, 6) is -1.70. The molecule has 1 unspecified atom stereocenters. The highest BCUT2D eigenvalue weighted by atomic mass is 32.2. The van der Waals surface area contributed by atoms with Crippen LogP contribution in [0, 0.1) is 0 Å². The van der Waals surface area contributed by atoms with Crippen molar-refractivity contribution in [2.45, 2.75) is 23.2 Å². The van der Waals surface area contributed by atoms with E-state index in [1.165, 1.54) is 0 Å². The summed E-state index contributed by atoms with van der Waals surface area (Å²) in [5, 5.41) is 6.67. The topological polar surface area (TPSA) is 71.4 Å². The first-order valence-corrected chi connectivity index (χ1v) is 6.26. The predicted octanol–water partition coefficient (Wildman–Crippen LogP) is 1.95. The number of alkyl halides is 3. The molecular formula is C10H9F3O4S. The van der Waals surface area contributed by atoms with E-state index in [2.05, 4.69) is 0 Å². The zero-order chi connectivity index (χ0) is 14.1. The van der Waals surface area contributed by atoms with Crippen LogP contribution in [0.15, 0.2) is 29.2 Å². The van der Waals surface area contributed by atoms with Crippen LogP contribution in [0.1, 0.15) is 12.5 Å². The van der Waals surface area contributed by atoms with E-state index in [-0.39, 0.29) is 0 Å². The molecule has 0 radical (unpaired) electrons. The minimum absolute atomic E-state index is 0.599. The van der Waals surface area contributed by atoms with E-state index in [0.717, 1.165) is 25.1 Å². The van der Waals surface area contributed by atoms with Crippen LogP contribution in [0.25, 0.3) is 0 Å². The van der Waals surface area contributed by atoms with Crippen molar-refractivity contribution in [2.24, 2.45) is 0 Å². The fourth-order valence-corrected chi connectivity index (χ4v) is 2.68. The molecule has 0 aliphatic rings. The molecule has 18 heavy (non-hydrogen) atoms. The lowest BCUT2D eigenvalue weighted by atomic mass is 10.2. The number of carboxylic acid groups (broad SMARTS) is 1. The van der Waals surface area contributed by atoms with Crippen LogP contribution >= 0.6 is 0 Å². The van der Waals surface area contributed by atoms with E-state index in [4.69, 9.17) is 5.11 Å². The minimum atomic E-state index is -4.86. The second-order valence-electron chi connectivity index (χ2n) is 3.52. The first-order chi connectivity index (χ1) is 8.08. The van der Waals surface area contributed by atoms with Crippen LogP contribution in [-0.4, -0.2) is 24.7 Å². The maximum absolute atomic E-state index is 12.6. The first-order valence-electron chi connectivity index (χ1n) is 4.71. The Morgan fingerprint density at radius 2 is 1.78 bits per heavy atom. The summed E-state index contributed by atoms with van der Waals surface area (Å²) in [5.41, 5.74) is -1.36. The van der Waals surface area contributed by atoms with Gasteiger partial charge in [-0.25, -0.2) is 8.42 Å². The highest BCUT2D eigenvalue weighted by Gasteiger charge is 2.40. The number of aliphatic carboxylic acids is 1. The van der Waals surface area contributed by atoms with Crippen molar-refractivity contribution in [3.8, 4) is 0 Å². The van der Waals surface area contributed by atoms with Gasteiger partial charge in [0.1, 0.15) is 0 Å². The molecule has 8 heteroatoms. The van der Waals surface area contributed by atoms with E-state index >= 15 is 0 Å². The Morgan fingerprint density at radius 3 is 2.22 bits per heavy atom. The summed E-state index contributed by atoms with van der Waals surface area (Å²) >= 11 is 0. The monoisotopic (exact) mass is 282 g/mol. The minimum Gasteiger partial charge on any atom is -0.480 e. The molecule has 1 N–H and O–H groups in total. The lowest BCUT2D eigenvalue weighted by Gasteiger charge is -2.14. The largest absolute Gasteiger partial charge is 0.480 e. The van der Waals surface area contributed by atoms with E-state index in [9.17, 15) is 26.4 Å². The molecule has 0 amide bonds. The Hall–Kier alpha value is -1.57. The molecule has 0 aliphatic carbocycles. The third-order valence-corrected chi connectivity index (χ3v) is 4.41. The number of carbonyl (C=O) groups is 1. The number of carboxylic acids is 1. The molecule has 1 atom stereocenters. The van der Waals surface area contributed by atoms with Crippen LogP contribution in [0.3, 0.4) is 0 Å². The molecule has 0 aliphatic heterocycles. The van der Waals surface area contributed by atoms with Gasteiger partial charge in [0.25, 0.3) is 0 Å². The zero-order valence-electron chi connectivity index (χ0n) is 9.10. The van der Waals surface area contributed by atoms with E-state index < -0.39 is 37.7 Å². The number of rotatable bonds is 3. The number of sulfone groups is 1. The van der Waals surface area contributed by atoms with Crippen LogP contribution < -0.4 is 0 Å². The number of halogens is 3. The smallest absolute Gasteiger partial charge is 0.417 e. The zero-order valence-corrected chi connectivity index (χ0v) is 9.92. The highest BCUT2D eigenvalue weighted by molar-refractivity contribution is 7.92. The third-order valence-electron chi connectivity index (χ3n) is 2.31. The van der Waals surface area contributed by atoms with Crippen molar-refractivity contribution in [1.82, 2.24) is 0 Å². The van der Waals surface area contributed by atoms with Crippen LogP contribution in [0.2, 0.25) is 0 Å². The van der Waals surface area contributed by atoms with Gasteiger partial charge in [-0.05, 0) is 19.1 Å². The number of hydrogen-bond acceptors (Lipinski definition) is 3. The van der Waals surface area contributed by atoms with Crippen molar-refractivity contribution in [3.05, 3.63) is 29.8 Å². The molecule has 1 aromatic carbocycles. The highest BCUT2D eigenvalue weighted by Crippen LogP contribution is 2.35. The van der Waals surface area contributed by atoms with Gasteiger partial charge in [0.2, 0.25) is 0 Å². The van der Waals surface area contributed by atoms with Crippen molar-refractivity contribution < 1.29 is 31.5 Å². The first kappa shape index (κ1) is 14.5.